The zero-order chi connectivity index (χ0) is 12.3. The summed E-state index contributed by atoms with van der Waals surface area (Å²) in [5.74, 6) is 0.731. The zero-order valence-electron chi connectivity index (χ0n) is 11.2. The molecule has 0 radical (unpaired) electrons. The Morgan fingerprint density at radius 3 is 2.19 bits per heavy atom. The lowest BCUT2D eigenvalue weighted by Gasteiger charge is -2.18. The van der Waals surface area contributed by atoms with E-state index in [-0.39, 0.29) is 6.04 Å². The number of hydrogen-bond acceptors (Lipinski definition) is 2. The first-order valence-electron chi connectivity index (χ1n) is 6.26. The highest BCUT2D eigenvalue weighted by Gasteiger charge is 2.19. The molecule has 0 aliphatic heterocycles. The second-order valence-electron chi connectivity index (χ2n) is 4.73. The lowest BCUT2D eigenvalue weighted by molar-refractivity contribution is 0.413. The van der Waals surface area contributed by atoms with Gasteiger partial charge in [0.05, 0.1) is 5.69 Å². The summed E-state index contributed by atoms with van der Waals surface area (Å²) in [5, 5.41) is 4.43. The molecular formula is C13H25N3. The van der Waals surface area contributed by atoms with E-state index in [2.05, 4.69) is 32.8 Å². The molecule has 2 N–H and O–H groups in total. The second-order valence-corrected chi connectivity index (χ2v) is 4.73. The molecule has 0 fully saturated rings. The molecule has 3 nitrogen and oxygen atoms in total. The fraction of sp³-hybridized carbons (Fsp3) is 0.769. The van der Waals surface area contributed by atoms with Crippen LogP contribution in [0, 0.1) is 19.8 Å². The van der Waals surface area contributed by atoms with Crippen LogP contribution in [-0.2, 0) is 7.05 Å². The summed E-state index contributed by atoms with van der Waals surface area (Å²) in [6, 6.07) is 0.138. The fourth-order valence-electron chi connectivity index (χ4n) is 2.43. The Hall–Kier alpha value is -0.830. The molecule has 1 atom stereocenters. The van der Waals surface area contributed by atoms with Crippen molar-refractivity contribution in [1.82, 2.24) is 9.78 Å². The summed E-state index contributed by atoms with van der Waals surface area (Å²) >= 11 is 0. The summed E-state index contributed by atoms with van der Waals surface area (Å²) < 4.78 is 1.93. The average molecular weight is 223 g/mol. The van der Waals surface area contributed by atoms with Crippen LogP contribution >= 0.6 is 0 Å². The van der Waals surface area contributed by atoms with E-state index in [4.69, 9.17) is 5.73 Å². The largest absolute Gasteiger partial charge is 0.324 e. The molecule has 0 aliphatic rings. The highest BCUT2D eigenvalue weighted by atomic mass is 15.3. The van der Waals surface area contributed by atoms with Crippen LogP contribution in [0.1, 0.15) is 56.1 Å². The van der Waals surface area contributed by atoms with Gasteiger partial charge in [0.25, 0.3) is 0 Å². The van der Waals surface area contributed by atoms with Gasteiger partial charge in [-0.1, -0.05) is 26.7 Å². The number of hydrogen-bond donors (Lipinski definition) is 1. The Labute approximate surface area is 99.0 Å². The van der Waals surface area contributed by atoms with Crippen LogP contribution in [0.5, 0.6) is 0 Å². The van der Waals surface area contributed by atoms with Crippen LogP contribution < -0.4 is 5.73 Å². The third-order valence-electron chi connectivity index (χ3n) is 3.68. The first kappa shape index (κ1) is 13.2. The molecular weight excluding hydrogens is 198 g/mol. The molecule has 0 aliphatic carbocycles. The van der Waals surface area contributed by atoms with Crippen molar-refractivity contribution in [2.75, 3.05) is 0 Å². The van der Waals surface area contributed by atoms with Crippen molar-refractivity contribution in [1.29, 1.82) is 0 Å². The van der Waals surface area contributed by atoms with Gasteiger partial charge in [-0.15, -0.1) is 0 Å². The van der Waals surface area contributed by atoms with Crippen LogP contribution in [0.2, 0.25) is 0 Å². The van der Waals surface area contributed by atoms with E-state index < -0.39 is 0 Å². The zero-order valence-corrected chi connectivity index (χ0v) is 11.2. The molecule has 1 aromatic heterocycles. The average Bonchev–Trinajstić information content (AvgIpc) is 2.49. The van der Waals surface area contributed by atoms with Crippen molar-refractivity contribution in [3.8, 4) is 0 Å². The van der Waals surface area contributed by atoms with Crippen molar-refractivity contribution in [3.05, 3.63) is 17.0 Å². The molecule has 0 bridgehead atoms. The molecule has 16 heavy (non-hydrogen) atoms. The third-order valence-corrected chi connectivity index (χ3v) is 3.68. The van der Waals surface area contributed by atoms with E-state index in [9.17, 15) is 0 Å². The Kier molecular flexibility index (Phi) is 4.54. The number of nitrogens with zero attached hydrogens (tertiary/aromatic N) is 2. The van der Waals surface area contributed by atoms with Crippen LogP contribution in [0.3, 0.4) is 0 Å². The normalized spacial score (nSPS) is 13.4. The summed E-state index contributed by atoms with van der Waals surface area (Å²) in [5.41, 5.74) is 9.84. The maximum Gasteiger partial charge on any atom is 0.0644 e. The van der Waals surface area contributed by atoms with Crippen molar-refractivity contribution in [2.24, 2.45) is 18.7 Å². The maximum absolute atomic E-state index is 6.31. The van der Waals surface area contributed by atoms with Crippen molar-refractivity contribution in [3.63, 3.8) is 0 Å². The van der Waals surface area contributed by atoms with E-state index in [1.807, 2.05) is 11.7 Å². The summed E-state index contributed by atoms with van der Waals surface area (Å²) in [6.07, 6.45) is 3.49. The highest BCUT2D eigenvalue weighted by molar-refractivity contribution is 5.27. The van der Waals surface area contributed by atoms with E-state index in [0.717, 1.165) is 18.0 Å². The lowest BCUT2D eigenvalue weighted by atomic mass is 9.91. The first-order valence-corrected chi connectivity index (χ1v) is 6.26. The van der Waals surface area contributed by atoms with Gasteiger partial charge in [0, 0.05) is 24.3 Å². The molecule has 0 amide bonds. The fourth-order valence-corrected chi connectivity index (χ4v) is 2.43. The molecule has 0 saturated heterocycles. The third kappa shape index (κ3) is 2.64. The number of rotatable bonds is 5. The number of nitrogens with two attached hydrogens (primary N) is 1. The van der Waals surface area contributed by atoms with E-state index in [0.29, 0.717) is 0 Å². The minimum absolute atomic E-state index is 0.138. The SMILES string of the molecule is CCC(CC)CC(N)c1c(C)nn(C)c1C. The molecule has 1 unspecified atom stereocenters. The Morgan fingerprint density at radius 2 is 1.81 bits per heavy atom. The van der Waals surface area contributed by atoms with Gasteiger partial charge in [0.1, 0.15) is 0 Å². The smallest absolute Gasteiger partial charge is 0.0644 e. The summed E-state index contributed by atoms with van der Waals surface area (Å²) in [4.78, 5) is 0. The molecule has 1 aromatic rings. The van der Waals surface area contributed by atoms with Gasteiger partial charge in [0.2, 0.25) is 0 Å². The van der Waals surface area contributed by atoms with E-state index in [1.165, 1.54) is 24.1 Å². The Balaban J connectivity index is 2.83. The monoisotopic (exact) mass is 223 g/mol. The minimum Gasteiger partial charge on any atom is -0.324 e. The molecule has 0 spiro atoms. The van der Waals surface area contributed by atoms with Crippen molar-refractivity contribution in [2.45, 2.75) is 53.0 Å². The second kappa shape index (κ2) is 5.48. The van der Waals surface area contributed by atoms with Gasteiger partial charge in [-0.05, 0) is 26.2 Å². The molecule has 1 rings (SSSR count). The van der Waals surface area contributed by atoms with Gasteiger partial charge in [-0.25, -0.2) is 0 Å². The van der Waals surface area contributed by atoms with E-state index in [1.54, 1.807) is 0 Å². The molecule has 92 valence electrons. The van der Waals surface area contributed by atoms with Gasteiger partial charge < -0.3 is 5.73 Å². The van der Waals surface area contributed by atoms with Crippen LogP contribution in [0.25, 0.3) is 0 Å². The predicted octanol–water partition coefficient (Wildman–Crippen LogP) is 2.86. The quantitative estimate of drug-likeness (QED) is 0.834. The van der Waals surface area contributed by atoms with Gasteiger partial charge >= 0.3 is 0 Å². The van der Waals surface area contributed by atoms with Crippen LogP contribution in [0.4, 0.5) is 0 Å². The summed E-state index contributed by atoms with van der Waals surface area (Å²) in [7, 11) is 1.98. The van der Waals surface area contributed by atoms with E-state index >= 15 is 0 Å². The van der Waals surface area contributed by atoms with Crippen molar-refractivity contribution >= 4 is 0 Å². The first-order chi connectivity index (χ1) is 7.51. The number of aryl methyl sites for hydroxylation is 2. The van der Waals surface area contributed by atoms with Gasteiger partial charge in [-0.3, -0.25) is 4.68 Å². The molecule has 3 heteroatoms. The molecule has 0 saturated carbocycles. The predicted molar refractivity (Wildman–Crippen MR) is 68.3 cm³/mol. The molecule has 1 heterocycles. The topological polar surface area (TPSA) is 43.8 Å². The lowest BCUT2D eigenvalue weighted by Crippen LogP contribution is -2.16. The van der Waals surface area contributed by atoms with Crippen LogP contribution in [-0.4, -0.2) is 9.78 Å². The summed E-state index contributed by atoms with van der Waals surface area (Å²) in [6.45, 7) is 8.63. The standard InChI is InChI=1S/C13H25N3/c1-6-11(7-2)8-12(14)13-9(3)15-16(5)10(13)4/h11-12H,6-8,14H2,1-5H3. The van der Waals surface area contributed by atoms with Crippen molar-refractivity contribution < 1.29 is 0 Å². The maximum atomic E-state index is 6.31. The number of aromatic nitrogens is 2. The van der Waals surface area contributed by atoms with Gasteiger partial charge in [-0.2, -0.15) is 5.10 Å². The Morgan fingerprint density at radius 1 is 1.25 bits per heavy atom. The Bertz CT molecular complexity index is 337. The van der Waals surface area contributed by atoms with Crippen LogP contribution in [0.15, 0.2) is 0 Å². The van der Waals surface area contributed by atoms with Gasteiger partial charge in [0.15, 0.2) is 0 Å². The minimum atomic E-state index is 0.138. The molecule has 0 aromatic carbocycles. The highest BCUT2D eigenvalue weighted by Crippen LogP contribution is 2.27.